The van der Waals surface area contributed by atoms with Gasteiger partial charge in [-0.2, -0.15) is 0 Å². The van der Waals surface area contributed by atoms with Crippen molar-refractivity contribution in [2.24, 2.45) is 0 Å². The number of aromatic nitrogens is 1. The average Bonchev–Trinajstić information content (AvgIpc) is 2.68. The maximum absolute atomic E-state index is 14.4. The highest BCUT2D eigenvalue weighted by atomic mass is 19.1. The zero-order chi connectivity index (χ0) is 18.4. The number of hydrogen-bond acceptors (Lipinski definition) is 2. The number of aryl methyl sites for hydroxylation is 1. The Balaban J connectivity index is 1.79. The number of benzene rings is 2. The first-order chi connectivity index (χ1) is 12.7. The predicted octanol–water partition coefficient (Wildman–Crippen LogP) is 6.30. The van der Waals surface area contributed by atoms with Gasteiger partial charge in [-0.25, -0.2) is 4.39 Å². The van der Waals surface area contributed by atoms with Gasteiger partial charge in [-0.1, -0.05) is 37.6 Å². The molecule has 3 aromatic rings. The Kier molecular flexibility index (Phi) is 6.00. The first-order valence-corrected chi connectivity index (χ1v) is 9.19. The molecule has 0 radical (unpaired) electrons. The Morgan fingerprint density at radius 3 is 2.31 bits per heavy atom. The van der Waals surface area contributed by atoms with E-state index < -0.39 is 0 Å². The van der Waals surface area contributed by atoms with Crippen molar-refractivity contribution in [1.82, 2.24) is 4.98 Å². The molecule has 2 aromatic carbocycles. The summed E-state index contributed by atoms with van der Waals surface area (Å²) in [6, 6.07) is 17.2. The SMILES string of the molecule is CCCCc1ccc(-c2ccc(-c3ccc(OCC)cc3)cn2)c(F)c1. The van der Waals surface area contributed by atoms with Crippen LogP contribution in [0.15, 0.2) is 60.8 Å². The van der Waals surface area contributed by atoms with Crippen LogP contribution in [0.5, 0.6) is 5.75 Å². The Morgan fingerprint density at radius 2 is 1.69 bits per heavy atom. The molecule has 1 heterocycles. The van der Waals surface area contributed by atoms with Crippen LogP contribution in [0.3, 0.4) is 0 Å². The van der Waals surface area contributed by atoms with Gasteiger partial charge in [0.2, 0.25) is 0 Å². The summed E-state index contributed by atoms with van der Waals surface area (Å²) in [7, 11) is 0. The van der Waals surface area contributed by atoms with Gasteiger partial charge in [0, 0.05) is 17.3 Å². The lowest BCUT2D eigenvalue weighted by Crippen LogP contribution is -1.92. The molecule has 0 aliphatic heterocycles. The van der Waals surface area contributed by atoms with Gasteiger partial charge < -0.3 is 4.74 Å². The normalized spacial score (nSPS) is 10.7. The lowest BCUT2D eigenvalue weighted by molar-refractivity contribution is 0.340. The van der Waals surface area contributed by atoms with E-state index in [0.29, 0.717) is 17.9 Å². The third-order valence-corrected chi connectivity index (χ3v) is 4.39. The molecule has 0 N–H and O–H groups in total. The van der Waals surface area contributed by atoms with Crippen LogP contribution in [-0.4, -0.2) is 11.6 Å². The molecule has 0 amide bonds. The van der Waals surface area contributed by atoms with Crippen LogP contribution in [-0.2, 0) is 6.42 Å². The molecule has 2 nitrogen and oxygen atoms in total. The molecule has 134 valence electrons. The Morgan fingerprint density at radius 1 is 0.923 bits per heavy atom. The van der Waals surface area contributed by atoms with Crippen LogP contribution < -0.4 is 4.74 Å². The van der Waals surface area contributed by atoms with Gasteiger partial charge in [-0.3, -0.25) is 4.98 Å². The molecule has 0 saturated heterocycles. The van der Waals surface area contributed by atoms with Crippen LogP contribution in [0.1, 0.15) is 32.3 Å². The third-order valence-electron chi connectivity index (χ3n) is 4.39. The maximum Gasteiger partial charge on any atom is 0.132 e. The molecule has 0 saturated carbocycles. The average molecular weight is 349 g/mol. The summed E-state index contributed by atoms with van der Waals surface area (Å²) in [5, 5.41) is 0. The number of pyridine rings is 1. The van der Waals surface area contributed by atoms with Crippen molar-refractivity contribution in [3.8, 4) is 28.1 Å². The molecule has 3 rings (SSSR count). The number of rotatable bonds is 7. The molecule has 0 spiro atoms. The predicted molar refractivity (Wildman–Crippen MR) is 105 cm³/mol. The van der Waals surface area contributed by atoms with Crippen LogP contribution >= 0.6 is 0 Å². The van der Waals surface area contributed by atoms with Crippen molar-refractivity contribution in [3.63, 3.8) is 0 Å². The summed E-state index contributed by atoms with van der Waals surface area (Å²) < 4.78 is 19.9. The second-order valence-electron chi connectivity index (χ2n) is 6.31. The Hall–Kier alpha value is -2.68. The summed E-state index contributed by atoms with van der Waals surface area (Å²) in [5.41, 5.74) is 4.29. The minimum atomic E-state index is -0.208. The monoisotopic (exact) mass is 349 g/mol. The zero-order valence-electron chi connectivity index (χ0n) is 15.3. The fraction of sp³-hybridized carbons (Fsp3) is 0.261. The number of hydrogen-bond donors (Lipinski definition) is 0. The number of unbranched alkanes of at least 4 members (excludes halogenated alkanes) is 1. The van der Waals surface area contributed by atoms with E-state index in [9.17, 15) is 4.39 Å². The molecule has 3 heteroatoms. The largest absolute Gasteiger partial charge is 0.494 e. The highest BCUT2D eigenvalue weighted by Crippen LogP contribution is 2.26. The van der Waals surface area contributed by atoms with E-state index in [0.717, 1.165) is 41.7 Å². The van der Waals surface area contributed by atoms with Crippen molar-refractivity contribution in [3.05, 3.63) is 72.2 Å². The van der Waals surface area contributed by atoms with Crippen molar-refractivity contribution in [2.45, 2.75) is 33.1 Å². The minimum Gasteiger partial charge on any atom is -0.494 e. The second-order valence-corrected chi connectivity index (χ2v) is 6.31. The summed E-state index contributed by atoms with van der Waals surface area (Å²) in [6.07, 6.45) is 4.89. The highest BCUT2D eigenvalue weighted by molar-refractivity contribution is 5.67. The number of ether oxygens (including phenoxy) is 1. The molecule has 0 aliphatic rings. The maximum atomic E-state index is 14.4. The van der Waals surface area contributed by atoms with Gasteiger partial charge in [0.25, 0.3) is 0 Å². The molecule has 0 fully saturated rings. The summed E-state index contributed by atoms with van der Waals surface area (Å²) in [5.74, 6) is 0.644. The van der Waals surface area contributed by atoms with E-state index in [1.54, 1.807) is 12.3 Å². The van der Waals surface area contributed by atoms with Gasteiger partial charge in [0.15, 0.2) is 0 Å². The van der Waals surface area contributed by atoms with E-state index in [1.807, 2.05) is 55.5 Å². The lowest BCUT2D eigenvalue weighted by Gasteiger charge is -2.08. The topological polar surface area (TPSA) is 22.1 Å². The minimum absolute atomic E-state index is 0.208. The molecular weight excluding hydrogens is 325 g/mol. The van der Waals surface area contributed by atoms with E-state index in [4.69, 9.17) is 4.74 Å². The summed E-state index contributed by atoms with van der Waals surface area (Å²) in [4.78, 5) is 4.47. The van der Waals surface area contributed by atoms with Gasteiger partial charge in [-0.05, 0) is 61.2 Å². The van der Waals surface area contributed by atoms with E-state index in [2.05, 4.69) is 11.9 Å². The van der Waals surface area contributed by atoms with Gasteiger partial charge in [0.05, 0.1) is 12.3 Å². The fourth-order valence-electron chi connectivity index (χ4n) is 2.94. The number of halogens is 1. The second kappa shape index (κ2) is 8.61. The van der Waals surface area contributed by atoms with Crippen LogP contribution in [0.25, 0.3) is 22.4 Å². The first-order valence-electron chi connectivity index (χ1n) is 9.19. The van der Waals surface area contributed by atoms with Crippen LogP contribution in [0.2, 0.25) is 0 Å². The van der Waals surface area contributed by atoms with Crippen LogP contribution in [0.4, 0.5) is 4.39 Å². The summed E-state index contributed by atoms with van der Waals surface area (Å²) >= 11 is 0. The first kappa shape index (κ1) is 18.1. The smallest absolute Gasteiger partial charge is 0.132 e. The van der Waals surface area contributed by atoms with E-state index in [-0.39, 0.29) is 5.82 Å². The van der Waals surface area contributed by atoms with E-state index >= 15 is 0 Å². The zero-order valence-corrected chi connectivity index (χ0v) is 15.3. The fourth-order valence-corrected chi connectivity index (χ4v) is 2.94. The summed E-state index contributed by atoms with van der Waals surface area (Å²) in [6.45, 7) is 4.75. The molecule has 26 heavy (non-hydrogen) atoms. The molecule has 0 aliphatic carbocycles. The van der Waals surface area contributed by atoms with Crippen molar-refractivity contribution >= 4 is 0 Å². The molecular formula is C23H24FNO. The van der Waals surface area contributed by atoms with Gasteiger partial charge in [0.1, 0.15) is 11.6 Å². The highest BCUT2D eigenvalue weighted by Gasteiger charge is 2.08. The van der Waals surface area contributed by atoms with Gasteiger partial charge >= 0.3 is 0 Å². The van der Waals surface area contributed by atoms with E-state index in [1.165, 1.54) is 0 Å². The third kappa shape index (κ3) is 4.29. The lowest BCUT2D eigenvalue weighted by atomic mass is 10.0. The molecule has 1 aromatic heterocycles. The molecule has 0 atom stereocenters. The van der Waals surface area contributed by atoms with Crippen molar-refractivity contribution < 1.29 is 9.13 Å². The molecule has 0 unspecified atom stereocenters. The Bertz CT molecular complexity index is 841. The molecule has 0 bridgehead atoms. The Labute approximate surface area is 154 Å². The quantitative estimate of drug-likeness (QED) is 0.499. The van der Waals surface area contributed by atoms with Crippen molar-refractivity contribution in [2.75, 3.05) is 6.61 Å². The number of nitrogens with zero attached hydrogens (tertiary/aromatic N) is 1. The van der Waals surface area contributed by atoms with Crippen molar-refractivity contribution in [1.29, 1.82) is 0 Å². The standard InChI is InChI=1S/C23H24FNO/c1-3-5-6-17-7-13-21(22(24)15-17)23-14-10-19(16-25-23)18-8-11-20(12-9-18)26-4-2/h7-16H,3-6H2,1-2H3. The van der Waals surface area contributed by atoms with Crippen LogP contribution in [0, 0.1) is 5.82 Å². The van der Waals surface area contributed by atoms with Gasteiger partial charge in [-0.15, -0.1) is 0 Å².